The Morgan fingerprint density at radius 3 is 1.93 bits per heavy atom. The van der Waals surface area contributed by atoms with Crippen molar-refractivity contribution in [2.75, 3.05) is 22.9 Å². The second-order valence-electron chi connectivity index (χ2n) is 3.36. The molecule has 0 radical (unpaired) electrons. The maximum Gasteiger partial charge on any atom is 0.0663 e. The molecule has 78 valence electrons. The monoisotopic (exact) mass is 222 g/mol. The summed E-state index contributed by atoms with van der Waals surface area (Å²) >= 11 is 5.92. The van der Waals surface area contributed by atoms with Crippen LogP contribution < -0.4 is 22.9 Å². The van der Waals surface area contributed by atoms with Crippen molar-refractivity contribution in [3.05, 3.63) is 23.2 Å². The number of fused-ring (bicyclic) bond motifs is 1. The second kappa shape index (κ2) is 3.10. The van der Waals surface area contributed by atoms with E-state index in [1.807, 2.05) is 0 Å². The highest BCUT2D eigenvalue weighted by atomic mass is 35.5. The number of rotatable bonds is 0. The SMILES string of the molecule is Nc1ccc(N)c2c(N)c(Cl)cc(N)c12. The minimum atomic E-state index is 0.386. The van der Waals surface area contributed by atoms with Gasteiger partial charge in [0.05, 0.1) is 10.7 Å². The van der Waals surface area contributed by atoms with Crippen molar-refractivity contribution < 1.29 is 0 Å². The summed E-state index contributed by atoms with van der Waals surface area (Å²) in [5.74, 6) is 0. The average Bonchev–Trinajstić information content (AvgIpc) is 2.18. The predicted octanol–water partition coefficient (Wildman–Crippen LogP) is 1.82. The average molecular weight is 223 g/mol. The Morgan fingerprint density at radius 1 is 0.800 bits per heavy atom. The molecule has 5 heteroatoms. The van der Waals surface area contributed by atoms with E-state index in [9.17, 15) is 0 Å². The molecule has 2 aromatic rings. The molecule has 0 unspecified atom stereocenters. The number of halogens is 1. The molecule has 0 atom stereocenters. The van der Waals surface area contributed by atoms with Gasteiger partial charge in [0.2, 0.25) is 0 Å². The van der Waals surface area contributed by atoms with E-state index in [1.165, 1.54) is 0 Å². The lowest BCUT2D eigenvalue weighted by atomic mass is 10.0. The highest BCUT2D eigenvalue weighted by Gasteiger charge is 2.11. The Balaban J connectivity index is 3.08. The molecule has 8 N–H and O–H groups in total. The van der Waals surface area contributed by atoms with Gasteiger partial charge in [0.25, 0.3) is 0 Å². The molecular weight excluding hydrogens is 212 g/mol. The minimum absolute atomic E-state index is 0.386. The van der Waals surface area contributed by atoms with Gasteiger partial charge in [0, 0.05) is 27.8 Å². The van der Waals surface area contributed by atoms with Crippen LogP contribution in [0.2, 0.25) is 5.02 Å². The molecule has 0 amide bonds. The lowest BCUT2D eigenvalue weighted by Gasteiger charge is -2.11. The summed E-state index contributed by atoms with van der Waals surface area (Å²) < 4.78 is 0. The van der Waals surface area contributed by atoms with Crippen molar-refractivity contribution in [2.45, 2.75) is 0 Å². The Kier molecular flexibility index (Phi) is 2.01. The standard InChI is InChI=1S/C10H11ClN4/c11-4-3-7(14)8-5(12)1-2-6(13)9(8)10(4)15/h1-3H,12-15H2. The maximum absolute atomic E-state index is 5.92. The third-order valence-corrected chi connectivity index (χ3v) is 2.68. The second-order valence-corrected chi connectivity index (χ2v) is 3.76. The number of hydrogen-bond acceptors (Lipinski definition) is 4. The van der Waals surface area contributed by atoms with Gasteiger partial charge in [-0.05, 0) is 18.2 Å². The topological polar surface area (TPSA) is 104 Å². The molecule has 0 bridgehead atoms. The Labute approximate surface area is 91.8 Å². The number of nitrogens with two attached hydrogens (primary N) is 4. The first-order chi connectivity index (χ1) is 7.02. The van der Waals surface area contributed by atoms with Gasteiger partial charge in [-0.1, -0.05) is 11.6 Å². The van der Waals surface area contributed by atoms with Crippen molar-refractivity contribution in [2.24, 2.45) is 0 Å². The third-order valence-electron chi connectivity index (χ3n) is 2.37. The highest BCUT2D eigenvalue weighted by molar-refractivity contribution is 6.36. The lowest BCUT2D eigenvalue weighted by Crippen LogP contribution is -2.00. The molecule has 2 rings (SSSR count). The Morgan fingerprint density at radius 2 is 1.33 bits per heavy atom. The third kappa shape index (κ3) is 1.30. The van der Waals surface area contributed by atoms with E-state index < -0.39 is 0 Å². The fraction of sp³-hybridized carbons (Fsp3) is 0. The molecule has 0 saturated carbocycles. The Bertz CT molecular complexity index is 551. The number of nitrogen functional groups attached to an aromatic ring is 4. The smallest absolute Gasteiger partial charge is 0.0663 e. The largest absolute Gasteiger partial charge is 0.398 e. The molecule has 0 aliphatic rings. The van der Waals surface area contributed by atoms with Crippen LogP contribution in [0.4, 0.5) is 22.7 Å². The van der Waals surface area contributed by atoms with Crippen molar-refractivity contribution in [3.8, 4) is 0 Å². The Hall–Kier alpha value is -1.81. The molecule has 2 aromatic carbocycles. The first-order valence-corrected chi connectivity index (χ1v) is 4.71. The van der Waals surface area contributed by atoms with Crippen molar-refractivity contribution >= 4 is 45.1 Å². The fourth-order valence-electron chi connectivity index (χ4n) is 1.64. The van der Waals surface area contributed by atoms with Gasteiger partial charge in [-0.25, -0.2) is 0 Å². The van der Waals surface area contributed by atoms with Crippen LogP contribution in [0.5, 0.6) is 0 Å². The van der Waals surface area contributed by atoms with Gasteiger partial charge in [0.1, 0.15) is 0 Å². The zero-order valence-electron chi connectivity index (χ0n) is 7.92. The maximum atomic E-state index is 5.92. The molecule has 4 nitrogen and oxygen atoms in total. The van der Waals surface area contributed by atoms with Crippen molar-refractivity contribution in [1.29, 1.82) is 0 Å². The van der Waals surface area contributed by atoms with Gasteiger partial charge in [-0.2, -0.15) is 0 Å². The van der Waals surface area contributed by atoms with Crippen molar-refractivity contribution in [3.63, 3.8) is 0 Å². The van der Waals surface area contributed by atoms with Gasteiger partial charge in [-0.3, -0.25) is 0 Å². The quantitative estimate of drug-likeness (QED) is 0.511. The van der Waals surface area contributed by atoms with Gasteiger partial charge in [-0.15, -0.1) is 0 Å². The van der Waals surface area contributed by atoms with Crippen molar-refractivity contribution in [1.82, 2.24) is 0 Å². The van der Waals surface area contributed by atoms with E-state index >= 15 is 0 Å². The molecule has 0 saturated heterocycles. The molecular formula is C10H11ClN4. The summed E-state index contributed by atoms with van der Waals surface area (Å²) in [5.41, 5.74) is 25.2. The van der Waals surface area contributed by atoms with Crippen LogP contribution in [0.3, 0.4) is 0 Å². The predicted molar refractivity (Wildman–Crippen MR) is 66.6 cm³/mol. The van der Waals surface area contributed by atoms with Crippen LogP contribution in [0.1, 0.15) is 0 Å². The summed E-state index contributed by atoms with van der Waals surface area (Å²) in [4.78, 5) is 0. The molecule has 0 aliphatic carbocycles. The number of hydrogen-bond donors (Lipinski definition) is 4. The van der Waals surface area contributed by atoms with Crippen LogP contribution in [-0.2, 0) is 0 Å². The van der Waals surface area contributed by atoms with Gasteiger partial charge < -0.3 is 22.9 Å². The van der Waals surface area contributed by atoms with Gasteiger partial charge in [0.15, 0.2) is 0 Å². The van der Waals surface area contributed by atoms with Crippen LogP contribution in [0.15, 0.2) is 18.2 Å². The first-order valence-electron chi connectivity index (χ1n) is 4.33. The van der Waals surface area contributed by atoms with E-state index in [1.54, 1.807) is 18.2 Å². The van der Waals surface area contributed by atoms with E-state index in [2.05, 4.69) is 0 Å². The summed E-state index contributed by atoms with van der Waals surface area (Å²) in [6, 6.07) is 4.96. The molecule has 0 spiro atoms. The molecule has 0 aliphatic heterocycles. The summed E-state index contributed by atoms with van der Waals surface area (Å²) in [6.07, 6.45) is 0. The molecule has 15 heavy (non-hydrogen) atoms. The zero-order chi connectivity index (χ0) is 11.2. The van der Waals surface area contributed by atoms with E-state index in [4.69, 9.17) is 34.5 Å². The number of anilines is 4. The number of benzene rings is 2. The van der Waals surface area contributed by atoms with Gasteiger partial charge >= 0.3 is 0 Å². The highest BCUT2D eigenvalue weighted by Crippen LogP contribution is 2.39. The first kappa shape index (κ1) is 9.73. The molecule has 0 fully saturated rings. The summed E-state index contributed by atoms with van der Waals surface area (Å²) in [7, 11) is 0. The lowest BCUT2D eigenvalue weighted by molar-refractivity contribution is 1.68. The summed E-state index contributed by atoms with van der Waals surface area (Å²) in [6.45, 7) is 0. The zero-order valence-corrected chi connectivity index (χ0v) is 8.68. The summed E-state index contributed by atoms with van der Waals surface area (Å²) in [5, 5.41) is 1.68. The van der Waals surface area contributed by atoms with Crippen LogP contribution in [-0.4, -0.2) is 0 Å². The van der Waals surface area contributed by atoms with E-state index in [0.29, 0.717) is 38.5 Å². The molecule has 0 heterocycles. The van der Waals surface area contributed by atoms with Crippen LogP contribution in [0, 0.1) is 0 Å². The fourth-order valence-corrected chi connectivity index (χ4v) is 1.85. The van der Waals surface area contributed by atoms with E-state index in [0.717, 1.165) is 0 Å². The molecule has 0 aromatic heterocycles. The normalized spacial score (nSPS) is 10.7. The van der Waals surface area contributed by atoms with Crippen LogP contribution in [0.25, 0.3) is 10.8 Å². The van der Waals surface area contributed by atoms with E-state index in [-0.39, 0.29) is 0 Å². The van der Waals surface area contributed by atoms with Crippen LogP contribution >= 0.6 is 11.6 Å². The minimum Gasteiger partial charge on any atom is -0.398 e.